The molecule has 0 saturated heterocycles. The van der Waals surface area contributed by atoms with Crippen molar-refractivity contribution in [2.75, 3.05) is 6.61 Å². The SMILES string of the molecule is CCOC(=O)c1cc(CO)cc(Br)c1C#N. The van der Waals surface area contributed by atoms with Crippen molar-refractivity contribution in [2.45, 2.75) is 13.5 Å². The smallest absolute Gasteiger partial charge is 0.339 e. The van der Waals surface area contributed by atoms with E-state index >= 15 is 0 Å². The summed E-state index contributed by atoms with van der Waals surface area (Å²) in [5, 5.41) is 17.9. The van der Waals surface area contributed by atoms with E-state index in [9.17, 15) is 4.79 Å². The normalized spacial score (nSPS) is 9.62. The van der Waals surface area contributed by atoms with Crippen LogP contribution in [0.15, 0.2) is 16.6 Å². The van der Waals surface area contributed by atoms with Gasteiger partial charge in [-0.05, 0) is 40.5 Å². The summed E-state index contributed by atoms with van der Waals surface area (Å²) in [6, 6.07) is 4.98. The molecule has 0 fully saturated rings. The molecule has 0 spiro atoms. The zero-order chi connectivity index (χ0) is 12.1. The molecule has 1 N–H and O–H groups in total. The highest BCUT2D eigenvalue weighted by Crippen LogP contribution is 2.23. The lowest BCUT2D eigenvalue weighted by Crippen LogP contribution is -2.08. The Balaban J connectivity index is 3.29. The highest BCUT2D eigenvalue weighted by Gasteiger charge is 2.16. The quantitative estimate of drug-likeness (QED) is 0.862. The third-order valence-corrected chi connectivity index (χ3v) is 2.57. The molecule has 1 rings (SSSR count). The Morgan fingerprint density at radius 1 is 1.62 bits per heavy atom. The van der Waals surface area contributed by atoms with Crippen molar-refractivity contribution < 1.29 is 14.6 Å². The summed E-state index contributed by atoms with van der Waals surface area (Å²) in [7, 11) is 0. The summed E-state index contributed by atoms with van der Waals surface area (Å²) in [5.41, 5.74) is 0.937. The molecule has 0 radical (unpaired) electrons. The summed E-state index contributed by atoms with van der Waals surface area (Å²) >= 11 is 3.18. The summed E-state index contributed by atoms with van der Waals surface area (Å²) < 4.78 is 5.31. The van der Waals surface area contributed by atoms with Gasteiger partial charge in [0.2, 0.25) is 0 Å². The third-order valence-electron chi connectivity index (χ3n) is 1.94. The molecule has 16 heavy (non-hydrogen) atoms. The van der Waals surface area contributed by atoms with Crippen LogP contribution in [-0.4, -0.2) is 17.7 Å². The summed E-state index contributed by atoms with van der Waals surface area (Å²) in [6.07, 6.45) is 0. The van der Waals surface area contributed by atoms with E-state index in [0.717, 1.165) is 0 Å². The van der Waals surface area contributed by atoms with Crippen LogP contribution in [0, 0.1) is 11.3 Å². The highest BCUT2D eigenvalue weighted by molar-refractivity contribution is 9.10. The summed E-state index contributed by atoms with van der Waals surface area (Å²) in [6.45, 7) is 1.73. The van der Waals surface area contributed by atoms with Gasteiger partial charge in [0.1, 0.15) is 6.07 Å². The van der Waals surface area contributed by atoms with Crippen LogP contribution in [0.1, 0.15) is 28.4 Å². The molecular weight excluding hydrogens is 274 g/mol. The maximum atomic E-state index is 11.6. The van der Waals surface area contributed by atoms with Gasteiger partial charge >= 0.3 is 5.97 Å². The zero-order valence-electron chi connectivity index (χ0n) is 8.66. The second kappa shape index (κ2) is 5.64. The average Bonchev–Trinajstić information content (AvgIpc) is 2.28. The van der Waals surface area contributed by atoms with E-state index in [1.54, 1.807) is 13.0 Å². The van der Waals surface area contributed by atoms with Crippen LogP contribution in [-0.2, 0) is 11.3 Å². The van der Waals surface area contributed by atoms with E-state index in [1.807, 2.05) is 6.07 Å². The number of aliphatic hydroxyl groups excluding tert-OH is 1. The third kappa shape index (κ3) is 2.60. The van der Waals surface area contributed by atoms with Crippen molar-refractivity contribution in [3.8, 4) is 6.07 Å². The molecule has 0 amide bonds. The van der Waals surface area contributed by atoms with Gasteiger partial charge in [-0.15, -0.1) is 0 Å². The Morgan fingerprint density at radius 3 is 2.81 bits per heavy atom. The molecule has 4 nitrogen and oxygen atoms in total. The molecule has 0 atom stereocenters. The minimum atomic E-state index is -0.560. The van der Waals surface area contributed by atoms with Crippen LogP contribution < -0.4 is 0 Å². The lowest BCUT2D eigenvalue weighted by molar-refractivity contribution is 0.0525. The van der Waals surface area contributed by atoms with Gasteiger partial charge in [0.15, 0.2) is 0 Å². The minimum absolute atomic E-state index is 0.169. The molecular formula is C11H10BrNO3. The topological polar surface area (TPSA) is 70.3 Å². The van der Waals surface area contributed by atoms with Gasteiger partial charge in [-0.1, -0.05) is 0 Å². The lowest BCUT2D eigenvalue weighted by atomic mass is 10.1. The van der Waals surface area contributed by atoms with Crippen molar-refractivity contribution in [1.29, 1.82) is 5.26 Å². The predicted molar refractivity (Wildman–Crippen MR) is 60.7 cm³/mol. The van der Waals surface area contributed by atoms with Crippen molar-refractivity contribution in [3.05, 3.63) is 33.3 Å². The van der Waals surface area contributed by atoms with Crippen LogP contribution >= 0.6 is 15.9 Å². The molecule has 0 aliphatic carbocycles. The Morgan fingerprint density at radius 2 is 2.31 bits per heavy atom. The number of aliphatic hydroxyl groups is 1. The number of carbonyl (C=O) groups excluding carboxylic acids is 1. The van der Waals surface area contributed by atoms with E-state index in [-0.39, 0.29) is 24.3 Å². The first-order valence-corrected chi connectivity index (χ1v) is 5.43. The van der Waals surface area contributed by atoms with Crippen LogP contribution in [0.5, 0.6) is 0 Å². The van der Waals surface area contributed by atoms with Crippen molar-refractivity contribution in [2.24, 2.45) is 0 Å². The Bertz CT molecular complexity index is 451. The maximum Gasteiger partial charge on any atom is 0.339 e. The molecule has 1 aromatic carbocycles. The first kappa shape index (κ1) is 12.7. The van der Waals surface area contributed by atoms with Gasteiger partial charge in [0, 0.05) is 4.47 Å². The molecule has 1 aromatic rings. The molecule has 0 saturated carbocycles. The minimum Gasteiger partial charge on any atom is -0.462 e. The average molecular weight is 284 g/mol. The first-order chi connectivity index (χ1) is 7.63. The molecule has 0 unspecified atom stereocenters. The number of benzene rings is 1. The van der Waals surface area contributed by atoms with Gasteiger partial charge in [0.25, 0.3) is 0 Å². The van der Waals surface area contributed by atoms with Gasteiger partial charge in [-0.25, -0.2) is 4.79 Å². The number of hydrogen-bond acceptors (Lipinski definition) is 4. The van der Waals surface area contributed by atoms with Crippen LogP contribution in [0.2, 0.25) is 0 Å². The van der Waals surface area contributed by atoms with Crippen molar-refractivity contribution in [1.82, 2.24) is 0 Å². The second-order valence-electron chi connectivity index (χ2n) is 2.99. The molecule has 0 aromatic heterocycles. The number of ether oxygens (including phenoxy) is 1. The fourth-order valence-electron chi connectivity index (χ4n) is 1.24. The molecule has 0 aliphatic heterocycles. The Hall–Kier alpha value is -1.38. The first-order valence-electron chi connectivity index (χ1n) is 4.64. The van der Waals surface area contributed by atoms with Crippen LogP contribution in [0.25, 0.3) is 0 Å². The second-order valence-corrected chi connectivity index (χ2v) is 3.84. The Kier molecular flexibility index (Phi) is 4.47. The number of nitriles is 1. The molecule has 84 valence electrons. The monoisotopic (exact) mass is 283 g/mol. The summed E-state index contributed by atoms with van der Waals surface area (Å²) in [4.78, 5) is 11.6. The highest BCUT2D eigenvalue weighted by atomic mass is 79.9. The van der Waals surface area contributed by atoms with Gasteiger partial charge in [-0.3, -0.25) is 0 Å². The lowest BCUT2D eigenvalue weighted by Gasteiger charge is -2.07. The van der Waals surface area contributed by atoms with E-state index in [1.165, 1.54) is 6.07 Å². The molecule has 0 aliphatic rings. The zero-order valence-corrected chi connectivity index (χ0v) is 10.2. The fraction of sp³-hybridized carbons (Fsp3) is 0.273. The largest absolute Gasteiger partial charge is 0.462 e. The number of nitrogens with zero attached hydrogens (tertiary/aromatic N) is 1. The maximum absolute atomic E-state index is 11.6. The number of rotatable bonds is 3. The summed E-state index contributed by atoms with van der Waals surface area (Å²) in [5.74, 6) is -0.560. The number of esters is 1. The van der Waals surface area contributed by atoms with Gasteiger partial charge in [0.05, 0.1) is 24.3 Å². The van der Waals surface area contributed by atoms with Gasteiger partial charge in [-0.2, -0.15) is 5.26 Å². The number of carbonyl (C=O) groups is 1. The van der Waals surface area contributed by atoms with Crippen LogP contribution in [0.3, 0.4) is 0 Å². The predicted octanol–water partition coefficient (Wildman–Crippen LogP) is 1.99. The van der Waals surface area contributed by atoms with Crippen LogP contribution in [0.4, 0.5) is 0 Å². The molecule has 0 bridgehead atoms. The van der Waals surface area contributed by atoms with E-state index < -0.39 is 5.97 Å². The molecule has 0 heterocycles. The number of halogens is 1. The fourth-order valence-corrected chi connectivity index (χ4v) is 1.83. The standard InChI is InChI=1S/C11H10BrNO3/c1-2-16-11(15)8-3-7(6-14)4-10(12)9(8)5-13/h3-4,14H,2,6H2,1H3. The van der Waals surface area contributed by atoms with Gasteiger partial charge < -0.3 is 9.84 Å². The van der Waals surface area contributed by atoms with E-state index in [2.05, 4.69) is 15.9 Å². The van der Waals surface area contributed by atoms with E-state index in [0.29, 0.717) is 10.0 Å². The van der Waals surface area contributed by atoms with Crippen molar-refractivity contribution in [3.63, 3.8) is 0 Å². The van der Waals surface area contributed by atoms with E-state index in [4.69, 9.17) is 15.1 Å². The Labute approximate surface area is 102 Å². The molecule has 5 heteroatoms. The number of hydrogen-bond donors (Lipinski definition) is 1. The van der Waals surface area contributed by atoms with Crippen molar-refractivity contribution >= 4 is 21.9 Å².